The van der Waals surface area contributed by atoms with Gasteiger partial charge in [0, 0.05) is 27.2 Å². The maximum absolute atomic E-state index is 13.1. The van der Waals surface area contributed by atoms with Gasteiger partial charge in [0.15, 0.2) is 5.96 Å². The van der Waals surface area contributed by atoms with E-state index < -0.39 is 0 Å². The number of carbonyl (C=O) groups excluding carboxylic acids is 1. The van der Waals surface area contributed by atoms with Crippen LogP contribution in [0, 0.1) is 5.82 Å². The first kappa shape index (κ1) is 21.2. The minimum absolute atomic E-state index is 0.146. The minimum Gasteiger partial charge on any atom is -0.492 e. The summed E-state index contributed by atoms with van der Waals surface area (Å²) in [6.07, 6.45) is 0.156. The van der Waals surface area contributed by atoms with Crippen molar-refractivity contribution in [3.05, 3.63) is 66.0 Å². The highest BCUT2D eigenvalue weighted by Crippen LogP contribution is 2.07. The lowest BCUT2D eigenvalue weighted by Gasteiger charge is -2.22. The molecular formula is C21H27FN4O2. The molecule has 0 aliphatic heterocycles. The molecule has 2 N–H and O–H groups in total. The molecule has 0 saturated carbocycles. The lowest BCUT2D eigenvalue weighted by atomic mass is 10.1. The molecule has 6 nitrogen and oxygen atoms in total. The molecule has 1 amide bonds. The molecule has 0 saturated heterocycles. The van der Waals surface area contributed by atoms with Gasteiger partial charge in [-0.05, 0) is 29.8 Å². The quantitative estimate of drug-likeness (QED) is 0.393. The summed E-state index contributed by atoms with van der Waals surface area (Å²) >= 11 is 0. The van der Waals surface area contributed by atoms with Gasteiger partial charge < -0.3 is 20.3 Å². The molecule has 0 radical (unpaired) electrons. The number of amides is 1. The van der Waals surface area contributed by atoms with E-state index in [0.717, 1.165) is 11.7 Å². The number of para-hydroxylation sites is 1. The van der Waals surface area contributed by atoms with Crippen LogP contribution in [0.4, 0.5) is 4.39 Å². The van der Waals surface area contributed by atoms with Crippen LogP contribution in [0.15, 0.2) is 59.6 Å². The molecule has 0 bridgehead atoms. The highest BCUT2D eigenvalue weighted by molar-refractivity contribution is 5.80. The van der Waals surface area contributed by atoms with Crippen LogP contribution in [0.2, 0.25) is 0 Å². The summed E-state index contributed by atoms with van der Waals surface area (Å²) in [6.45, 7) is 2.18. The third-order valence-electron chi connectivity index (χ3n) is 4.00. The van der Waals surface area contributed by atoms with Crippen molar-refractivity contribution >= 4 is 11.9 Å². The fraction of sp³-hybridized carbons (Fsp3) is 0.333. The van der Waals surface area contributed by atoms with E-state index in [4.69, 9.17) is 4.74 Å². The predicted octanol–water partition coefficient (Wildman–Crippen LogP) is 2.07. The average Bonchev–Trinajstić information content (AvgIpc) is 2.69. The normalized spacial score (nSPS) is 11.0. The molecule has 0 aromatic heterocycles. The van der Waals surface area contributed by atoms with Gasteiger partial charge >= 0.3 is 0 Å². The molecule has 0 spiro atoms. The molecule has 28 heavy (non-hydrogen) atoms. The topological polar surface area (TPSA) is 66.0 Å². The summed E-state index contributed by atoms with van der Waals surface area (Å²) in [4.78, 5) is 18.1. The Bertz CT molecular complexity index is 768. The van der Waals surface area contributed by atoms with E-state index in [0.29, 0.717) is 31.8 Å². The number of nitrogens with zero attached hydrogens (tertiary/aromatic N) is 2. The molecule has 150 valence electrons. The average molecular weight is 386 g/mol. The molecule has 7 heteroatoms. The standard InChI is InChI=1S/C21H27FN4O2/c1-23-21(26(2)13-14-28-19-9-4-3-5-10-19)25-12-11-24-20(27)16-17-7-6-8-18(22)15-17/h3-10,15H,11-14,16H2,1-2H3,(H,23,25)(H,24,27). The number of nitrogens with one attached hydrogen (secondary N) is 2. The molecule has 0 heterocycles. The Morgan fingerprint density at radius 3 is 2.57 bits per heavy atom. The Morgan fingerprint density at radius 2 is 1.86 bits per heavy atom. The third kappa shape index (κ3) is 7.65. The van der Waals surface area contributed by atoms with Gasteiger partial charge in [-0.2, -0.15) is 0 Å². The highest BCUT2D eigenvalue weighted by atomic mass is 19.1. The van der Waals surface area contributed by atoms with E-state index in [1.165, 1.54) is 12.1 Å². The number of aliphatic imine (C=N–C) groups is 1. The summed E-state index contributed by atoms with van der Waals surface area (Å²) < 4.78 is 18.8. The van der Waals surface area contributed by atoms with Gasteiger partial charge in [0.2, 0.25) is 5.91 Å². The van der Waals surface area contributed by atoms with Crippen LogP contribution >= 0.6 is 0 Å². The van der Waals surface area contributed by atoms with Crippen LogP contribution in [0.25, 0.3) is 0 Å². The summed E-state index contributed by atoms with van der Waals surface area (Å²) in [7, 11) is 3.63. The smallest absolute Gasteiger partial charge is 0.224 e. The zero-order valence-corrected chi connectivity index (χ0v) is 16.3. The van der Waals surface area contributed by atoms with E-state index in [-0.39, 0.29) is 18.1 Å². The minimum atomic E-state index is -0.338. The van der Waals surface area contributed by atoms with E-state index in [2.05, 4.69) is 15.6 Å². The van der Waals surface area contributed by atoms with Crippen LogP contribution in [0.5, 0.6) is 5.75 Å². The Balaban J connectivity index is 1.63. The maximum atomic E-state index is 13.1. The van der Waals surface area contributed by atoms with Gasteiger partial charge in [-0.3, -0.25) is 9.79 Å². The number of hydrogen-bond donors (Lipinski definition) is 2. The van der Waals surface area contributed by atoms with Crippen molar-refractivity contribution in [1.29, 1.82) is 0 Å². The fourth-order valence-corrected chi connectivity index (χ4v) is 2.58. The van der Waals surface area contributed by atoms with Crippen LogP contribution < -0.4 is 15.4 Å². The number of carbonyl (C=O) groups is 1. The third-order valence-corrected chi connectivity index (χ3v) is 4.00. The van der Waals surface area contributed by atoms with Gasteiger partial charge in [-0.1, -0.05) is 30.3 Å². The summed E-state index contributed by atoms with van der Waals surface area (Å²) in [5.74, 6) is 1.07. The lowest BCUT2D eigenvalue weighted by Crippen LogP contribution is -2.43. The van der Waals surface area contributed by atoms with Gasteiger partial charge in [0.25, 0.3) is 0 Å². The molecule has 0 unspecified atom stereocenters. The van der Waals surface area contributed by atoms with Gasteiger partial charge in [0.1, 0.15) is 18.2 Å². The van der Waals surface area contributed by atoms with Crippen LogP contribution in [-0.4, -0.2) is 57.1 Å². The number of ether oxygens (including phenoxy) is 1. The fourth-order valence-electron chi connectivity index (χ4n) is 2.58. The molecule has 2 rings (SSSR count). The van der Waals surface area contributed by atoms with Crippen LogP contribution in [0.1, 0.15) is 5.56 Å². The summed E-state index contributed by atoms with van der Waals surface area (Å²) in [6, 6.07) is 15.7. The number of benzene rings is 2. The lowest BCUT2D eigenvalue weighted by molar-refractivity contribution is -0.120. The number of hydrogen-bond acceptors (Lipinski definition) is 3. The van der Waals surface area contributed by atoms with Crippen molar-refractivity contribution < 1.29 is 13.9 Å². The van der Waals surface area contributed by atoms with Crippen LogP contribution in [-0.2, 0) is 11.2 Å². The van der Waals surface area contributed by atoms with Gasteiger partial charge in [0.05, 0.1) is 13.0 Å². The summed E-state index contributed by atoms with van der Waals surface area (Å²) in [5, 5.41) is 6.00. The van der Waals surface area contributed by atoms with E-state index >= 15 is 0 Å². The SMILES string of the molecule is CN=C(NCCNC(=O)Cc1cccc(F)c1)N(C)CCOc1ccccc1. The molecule has 0 aliphatic rings. The first-order valence-corrected chi connectivity index (χ1v) is 9.19. The van der Waals surface area contributed by atoms with E-state index in [9.17, 15) is 9.18 Å². The number of rotatable bonds is 9. The van der Waals surface area contributed by atoms with Crippen molar-refractivity contribution in [2.75, 3.05) is 40.3 Å². The first-order chi connectivity index (χ1) is 13.6. The molecule has 2 aromatic rings. The molecule has 0 atom stereocenters. The van der Waals surface area contributed by atoms with E-state index in [1.54, 1.807) is 19.2 Å². The largest absolute Gasteiger partial charge is 0.492 e. The van der Waals surface area contributed by atoms with Crippen molar-refractivity contribution in [3.63, 3.8) is 0 Å². The molecule has 0 aliphatic carbocycles. The van der Waals surface area contributed by atoms with E-state index in [1.807, 2.05) is 42.3 Å². The Labute approximate surface area is 165 Å². The molecule has 2 aromatic carbocycles. The van der Waals surface area contributed by atoms with Gasteiger partial charge in [-0.15, -0.1) is 0 Å². The molecular weight excluding hydrogens is 359 g/mol. The van der Waals surface area contributed by atoms with Crippen LogP contribution in [0.3, 0.4) is 0 Å². The predicted molar refractivity (Wildman–Crippen MR) is 109 cm³/mol. The summed E-state index contributed by atoms with van der Waals surface area (Å²) in [5.41, 5.74) is 0.652. The second kappa shape index (κ2) is 11.6. The Hall–Kier alpha value is -3.09. The second-order valence-corrected chi connectivity index (χ2v) is 6.21. The zero-order chi connectivity index (χ0) is 20.2. The number of likely N-dealkylation sites (N-methyl/N-ethyl adjacent to an activating group) is 1. The number of guanidine groups is 1. The first-order valence-electron chi connectivity index (χ1n) is 9.19. The highest BCUT2D eigenvalue weighted by Gasteiger charge is 2.07. The number of halogens is 1. The maximum Gasteiger partial charge on any atom is 0.224 e. The van der Waals surface area contributed by atoms with Crippen molar-refractivity contribution in [1.82, 2.24) is 15.5 Å². The van der Waals surface area contributed by atoms with Crippen molar-refractivity contribution in [2.45, 2.75) is 6.42 Å². The Morgan fingerprint density at radius 1 is 1.11 bits per heavy atom. The molecule has 0 fully saturated rings. The van der Waals surface area contributed by atoms with Crippen molar-refractivity contribution in [2.24, 2.45) is 4.99 Å². The zero-order valence-electron chi connectivity index (χ0n) is 16.3. The van der Waals surface area contributed by atoms with Gasteiger partial charge in [-0.25, -0.2) is 4.39 Å². The monoisotopic (exact) mass is 386 g/mol. The van der Waals surface area contributed by atoms with Crippen molar-refractivity contribution in [3.8, 4) is 5.75 Å². The second-order valence-electron chi connectivity index (χ2n) is 6.21. The Kier molecular flexibility index (Phi) is 8.78.